The number of carbonyl (C=O) groups is 1. The second-order valence-corrected chi connectivity index (χ2v) is 5.67. The molecule has 1 N–H and O–H groups in total. The maximum absolute atomic E-state index is 13.0. The Morgan fingerprint density at radius 2 is 2.09 bits per heavy atom. The first-order chi connectivity index (χ1) is 11.1. The Kier molecular flexibility index (Phi) is 4.16. The summed E-state index contributed by atoms with van der Waals surface area (Å²) in [7, 11) is 0. The third-order valence-electron chi connectivity index (χ3n) is 3.53. The van der Waals surface area contributed by atoms with E-state index in [1.54, 1.807) is 28.4 Å². The minimum Gasteiger partial charge on any atom is -0.344 e. The summed E-state index contributed by atoms with van der Waals surface area (Å²) in [4.78, 5) is 12.0. The van der Waals surface area contributed by atoms with Crippen LogP contribution in [-0.2, 0) is 0 Å². The number of nitrogens with zero attached hydrogens (tertiary/aromatic N) is 4. The molecule has 2 heterocycles. The van der Waals surface area contributed by atoms with E-state index in [-0.39, 0.29) is 17.8 Å². The zero-order valence-corrected chi connectivity index (χ0v) is 13.3. The van der Waals surface area contributed by atoms with Crippen molar-refractivity contribution in [2.45, 2.75) is 19.9 Å². The van der Waals surface area contributed by atoms with Gasteiger partial charge in [-0.2, -0.15) is 5.10 Å². The Hall–Kier alpha value is -2.61. The van der Waals surface area contributed by atoms with Gasteiger partial charge in [-0.3, -0.25) is 4.79 Å². The van der Waals surface area contributed by atoms with Gasteiger partial charge in [-0.25, -0.2) is 9.07 Å². The SMILES string of the molecule is Cc1c(C(C)NC(=O)c2csnn2)cnn1-c1ccc(F)cc1. The van der Waals surface area contributed by atoms with Crippen molar-refractivity contribution >= 4 is 17.4 Å². The summed E-state index contributed by atoms with van der Waals surface area (Å²) >= 11 is 1.13. The minimum atomic E-state index is -0.295. The Morgan fingerprint density at radius 3 is 2.74 bits per heavy atom. The maximum Gasteiger partial charge on any atom is 0.273 e. The molecule has 1 amide bonds. The van der Waals surface area contributed by atoms with Crippen LogP contribution in [-0.4, -0.2) is 25.3 Å². The van der Waals surface area contributed by atoms with E-state index >= 15 is 0 Å². The molecule has 2 aromatic heterocycles. The normalized spacial score (nSPS) is 12.1. The lowest BCUT2D eigenvalue weighted by atomic mass is 10.1. The molecule has 0 saturated carbocycles. The Morgan fingerprint density at radius 1 is 1.35 bits per heavy atom. The number of amides is 1. The molecule has 3 aromatic rings. The first kappa shape index (κ1) is 15.3. The van der Waals surface area contributed by atoms with Crippen molar-refractivity contribution in [2.24, 2.45) is 0 Å². The number of aromatic nitrogens is 4. The van der Waals surface area contributed by atoms with Crippen LogP contribution < -0.4 is 5.32 Å². The second kappa shape index (κ2) is 6.25. The van der Waals surface area contributed by atoms with E-state index in [0.29, 0.717) is 5.69 Å². The third kappa shape index (κ3) is 3.11. The molecular formula is C15H14FN5OS. The van der Waals surface area contributed by atoms with E-state index in [0.717, 1.165) is 28.5 Å². The molecule has 8 heteroatoms. The molecule has 0 spiro atoms. The molecule has 0 aliphatic carbocycles. The molecule has 1 unspecified atom stereocenters. The highest BCUT2D eigenvalue weighted by atomic mass is 32.1. The number of hydrogen-bond donors (Lipinski definition) is 1. The number of benzene rings is 1. The molecule has 1 aromatic carbocycles. The van der Waals surface area contributed by atoms with Crippen LogP contribution in [0.5, 0.6) is 0 Å². The molecule has 118 valence electrons. The molecule has 0 bridgehead atoms. The van der Waals surface area contributed by atoms with Gasteiger partial charge in [0.25, 0.3) is 5.91 Å². The zero-order valence-electron chi connectivity index (χ0n) is 12.5. The zero-order chi connectivity index (χ0) is 16.4. The van der Waals surface area contributed by atoms with Gasteiger partial charge in [-0.1, -0.05) is 4.49 Å². The van der Waals surface area contributed by atoms with Crippen molar-refractivity contribution in [3.63, 3.8) is 0 Å². The van der Waals surface area contributed by atoms with Crippen LogP contribution in [0.2, 0.25) is 0 Å². The first-order valence-corrected chi connectivity index (χ1v) is 7.78. The smallest absolute Gasteiger partial charge is 0.273 e. The van der Waals surface area contributed by atoms with Crippen LogP contribution in [0.1, 0.15) is 34.7 Å². The van der Waals surface area contributed by atoms with Gasteiger partial charge < -0.3 is 5.32 Å². The Labute approximate surface area is 136 Å². The summed E-state index contributed by atoms with van der Waals surface area (Å²) in [5.74, 6) is -0.573. The van der Waals surface area contributed by atoms with Gasteiger partial charge in [-0.15, -0.1) is 5.10 Å². The van der Waals surface area contributed by atoms with Crippen molar-refractivity contribution in [3.05, 3.63) is 58.6 Å². The predicted octanol–water partition coefficient (Wildman–Crippen LogP) is 2.66. The highest BCUT2D eigenvalue weighted by Gasteiger charge is 2.18. The molecule has 6 nitrogen and oxygen atoms in total. The maximum atomic E-state index is 13.0. The quantitative estimate of drug-likeness (QED) is 0.798. The fourth-order valence-corrected chi connectivity index (χ4v) is 2.74. The molecule has 1 atom stereocenters. The standard InChI is InChI=1S/C15H14FN5OS/c1-9(18-15(22)14-8-23-20-19-14)13-7-17-21(10(13)2)12-5-3-11(16)4-6-12/h3-9H,1-2H3,(H,18,22). The monoisotopic (exact) mass is 331 g/mol. The van der Waals surface area contributed by atoms with E-state index in [4.69, 9.17) is 0 Å². The van der Waals surface area contributed by atoms with Crippen molar-refractivity contribution in [1.82, 2.24) is 24.7 Å². The lowest BCUT2D eigenvalue weighted by molar-refractivity contribution is 0.0935. The average Bonchev–Trinajstić information content (AvgIpc) is 3.18. The van der Waals surface area contributed by atoms with Crippen LogP contribution in [0.15, 0.2) is 35.8 Å². The van der Waals surface area contributed by atoms with Crippen molar-refractivity contribution in [2.75, 3.05) is 0 Å². The number of halogens is 1. The van der Waals surface area contributed by atoms with Gasteiger partial charge in [0.1, 0.15) is 5.82 Å². The van der Waals surface area contributed by atoms with E-state index in [1.165, 1.54) is 12.1 Å². The van der Waals surface area contributed by atoms with Gasteiger partial charge in [-0.05, 0) is 49.6 Å². The lowest BCUT2D eigenvalue weighted by Crippen LogP contribution is -2.27. The summed E-state index contributed by atoms with van der Waals surface area (Å²) < 4.78 is 18.4. The van der Waals surface area contributed by atoms with Crippen LogP contribution in [0.3, 0.4) is 0 Å². The summed E-state index contributed by atoms with van der Waals surface area (Å²) in [6.07, 6.45) is 1.70. The van der Waals surface area contributed by atoms with Gasteiger partial charge in [0.2, 0.25) is 0 Å². The molecule has 0 saturated heterocycles. The molecular weight excluding hydrogens is 317 g/mol. The topological polar surface area (TPSA) is 72.7 Å². The average molecular weight is 331 g/mol. The highest BCUT2D eigenvalue weighted by Crippen LogP contribution is 2.20. The van der Waals surface area contributed by atoms with E-state index in [1.807, 2.05) is 13.8 Å². The largest absolute Gasteiger partial charge is 0.344 e. The van der Waals surface area contributed by atoms with Crippen molar-refractivity contribution in [1.29, 1.82) is 0 Å². The molecule has 0 aliphatic rings. The molecule has 0 fully saturated rings. The number of hydrogen-bond acceptors (Lipinski definition) is 5. The third-order valence-corrected chi connectivity index (χ3v) is 4.03. The Bertz CT molecular complexity index is 813. The van der Waals surface area contributed by atoms with E-state index in [2.05, 4.69) is 20.0 Å². The fourth-order valence-electron chi connectivity index (χ4n) is 2.30. The van der Waals surface area contributed by atoms with Gasteiger partial charge >= 0.3 is 0 Å². The number of rotatable bonds is 4. The molecule has 3 rings (SSSR count). The highest BCUT2D eigenvalue weighted by molar-refractivity contribution is 7.03. The van der Waals surface area contributed by atoms with Crippen molar-refractivity contribution in [3.8, 4) is 5.69 Å². The Balaban J connectivity index is 1.81. The van der Waals surface area contributed by atoms with Crippen LogP contribution in [0.4, 0.5) is 4.39 Å². The van der Waals surface area contributed by atoms with Crippen LogP contribution in [0.25, 0.3) is 5.69 Å². The van der Waals surface area contributed by atoms with Gasteiger partial charge in [0, 0.05) is 16.6 Å². The number of nitrogens with one attached hydrogen (secondary N) is 1. The molecule has 0 radical (unpaired) electrons. The summed E-state index contributed by atoms with van der Waals surface area (Å²) in [6.45, 7) is 3.77. The van der Waals surface area contributed by atoms with Crippen molar-refractivity contribution < 1.29 is 9.18 Å². The molecule has 0 aliphatic heterocycles. The first-order valence-electron chi connectivity index (χ1n) is 6.94. The summed E-state index contributed by atoms with van der Waals surface area (Å²) in [6, 6.07) is 5.85. The fraction of sp³-hybridized carbons (Fsp3) is 0.200. The van der Waals surface area contributed by atoms with Gasteiger partial charge in [0.05, 0.1) is 17.9 Å². The lowest BCUT2D eigenvalue weighted by Gasteiger charge is -2.13. The number of carbonyl (C=O) groups excluding carboxylic acids is 1. The molecule has 23 heavy (non-hydrogen) atoms. The second-order valence-electron chi connectivity index (χ2n) is 5.06. The summed E-state index contributed by atoms with van der Waals surface area (Å²) in [5, 5.41) is 12.5. The predicted molar refractivity (Wildman–Crippen MR) is 84.0 cm³/mol. The van der Waals surface area contributed by atoms with Crippen LogP contribution in [0, 0.1) is 12.7 Å². The van der Waals surface area contributed by atoms with E-state index < -0.39 is 0 Å². The van der Waals surface area contributed by atoms with Crippen LogP contribution >= 0.6 is 11.5 Å². The van der Waals surface area contributed by atoms with Gasteiger partial charge in [0.15, 0.2) is 5.69 Å². The minimum absolute atomic E-state index is 0.238. The summed E-state index contributed by atoms with van der Waals surface area (Å²) in [5.41, 5.74) is 2.81. The van der Waals surface area contributed by atoms with E-state index in [9.17, 15) is 9.18 Å².